The van der Waals surface area contributed by atoms with Gasteiger partial charge in [-0.3, -0.25) is 4.79 Å². The molecule has 2 heterocycles. The molecule has 1 aromatic carbocycles. The van der Waals surface area contributed by atoms with Crippen LogP contribution >= 0.6 is 0 Å². The number of aliphatic hydroxyl groups is 1. The highest BCUT2D eigenvalue weighted by Crippen LogP contribution is 2.21. The fourth-order valence-corrected chi connectivity index (χ4v) is 2.73. The molecule has 1 atom stereocenters. The summed E-state index contributed by atoms with van der Waals surface area (Å²) >= 11 is 0. The molecular weight excluding hydrogens is 306 g/mol. The standard InChI is InChI=1S/C19H21NO4/c21-17(18-9-5-11-24-18)13-20(12-15-6-2-1-3-7-15)19(22)16-8-4-10-23-14-16/h1-3,5-7,9,11,14,17,21H,4,8,10,12-13H2/t17-/m1/s1. The second-order valence-electron chi connectivity index (χ2n) is 5.82. The van der Waals surface area contributed by atoms with Crippen molar-refractivity contribution in [1.82, 2.24) is 4.90 Å². The van der Waals surface area contributed by atoms with Crippen molar-refractivity contribution in [3.05, 3.63) is 71.9 Å². The van der Waals surface area contributed by atoms with Crippen LogP contribution in [0.5, 0.6) is 0 Å². The average molecular weight is 327 g/mol. The van der Waals surface area contributed by atoms with Crippen LogP contribution in [0.1, 0.15) is 30.3 Å². The Kier molecular flexibility index (Phi) is 5.33. The molecule has 0 unspecified atom stereocenters. The molecule has 24 heavy (non-hydrogen) atoms. The fourth-order valence-electron chi connectivity index (χ4n) is 2.73. The van der Waals surface area contributed by atoms with Crippen molar-refractivity contribution in [2.45, 2.75) is 25.5 Å². The van der Waals surface area contributed by atoms with Gasteiger partial charge in [0.05, 0.1) is 31.2 Å². The Hall–Kier alpha value is -2.53. The Morgan fingerprint density at radius 2 is 2.04 bits per heavy atom. The van der Waals surface area contributed by atoms with E-state index in [0.29, 0.717) is 30.9 Å². The predicted octanol–water partition coefficient (Wildman–Crippen LogP) is 3.04. The molecule has 0 aliphatic carbocycles. The summed E-state index contributed by atoms with van der Waals surface area (Å²) in [5.41, 5.74) is 1.65. The third kappa shape index (κ3) is 4.06. The molecule has 1 amide bonds. The first-order valence-electron chi connectivity index (χ1n) is 8.09. The van der Waals surface area contributed by atoms with Crippen molar-refractivity contribution in [2.24, 2.45) is 0 Å². The fraction of sp³-hybridized carbons (Fsp3) is 0.316. The normalized spacial score (nSPS) is 15.3. The molecule has 3 rings (SSSR count). The number of ether oxygens (including phenoxy) is 1. The van der Waals surface area contributed by atoms with Crippen molar-refractivity contribution >= 4 is 5.91 Å². The molecule has 5 heteroatoms. The van der Waals surface area contributed by atoms with E-state index in [4.69, 9.17) is 9.15 Å². The molecule has 0 spiro atoms. The number of carbonyl (C=O) groups is 1. The molecule has 0 radical (unpaired) electrons. The van der Waals surface area contributed by atoms with E-state index in [-0.39, 0.29) is 12.5 Å². The highest BCUT2D eigenvalue weighted by atomic mass is 16.5. The lowest BCUT2D eigenvalue weighted by Gasteiger charge is -2.27. The van der Waals surface area contributed by atoms with Crippen LogP contribution in [0.25, 0.3) is 0 Å². The van der Waals surface area contributed by atoms with Crippen LogP contribution in [-0.2, 0) is 16.1 Å². The van der Waals surface area contributed by atoms with Crippen molar-refractivity contribution in [3.63, 3.8) is 0 Å². The van der Waals surface area contributed by atoms with E-state index in [0.717, 1.165) is 12.0 Å². The van der Waals surface area contributed by atoms with Crippen molar-refractivity contribution in [2.75, 3.05) is 13.2 Å². The van der Waals surface area contributed by atoms with E-state index >= 15 is 0 Å². The van der Waals surface area contributed by atoms with Gasteiger partial charge in [0.25, 0.3) is 5.91 Å². The molecule has 1 aromatic heterocycles. The SMILES string of the molecule is O=C(C1=COCCC1)N(Cc1ccccc1)C[C@@H](O)c1ccco1. The van der Waals surface area contributed by atoms with E-state index in [1.807, 2.05) is 30.3 Å². The van der Waals surface area contributed by atoms with E-state index in [9.17, 15) is 9.90 Å². The van der Waals surface area contributed by atoms with Gasteiger partial charge < -0.3 is 19.2 Å². The zero-order chi connectivity index (χ0) is 16.8. The summed E-state index contributed by atoms with van der Waals surface area (Å²) in [6, 6.07) is 13.2. The first-order chi connectivity index (χ1) is 11.7. The number of nitrogens with zero attached hydrogens (tertiary/aromatic N) is 1. The van der Waals surface area contributed by atoms with Crippen LogP contribution in [0.2, 0.25) is 0 Å². The molecule has 2 aromatic rings. The molecule has 1 N–H and O–H groups in total. The lowest BCUT2D eigenvalue weighted by Crippen LogP contribution is -2.35. The molecule has 0 fully saturated rings. The highest BCUT2D eigenvalue weighted by Gasteiger charge is 2.24. The number of furan rings is 1. The lowest BCUT2D eigenvalue weighted by molar-refractivity contribution is -0.130. The lowest BCUT2D eigenvalue weighted by atomic mass is 10.1. The summed E-state index contributed by atoms with van der Waals surface area (Å²) in [6.07, 6.45) is 3.72. The second-order valence-corrected chi connectivity index (χ2v) is 5.82. The predicted molar refractivity (Wildman–Crippen MR) is 88.8 cm³/mol. The summed E-state index contributed by atoms with van der Waals surface area (Å²) in [4.78, 5) is 14.5. The van der Waals surface area contributed by atoms with Gasteiger partial charge in [-0.05, 0) is 30.5 Å². The van der Waals surface area contributed by atoms with E-state index < -0.39 is 6.10 Å². The summed E-state index contributed by atoms with van der Waals surface area (Å²) in [5.74, 6) is 0.346. The summed E-state index contributed by atoms with van der Waals surface area (Å²) in [7, 11) is 0. The number of aliphatic hydroxyl groups excluding tert-OH is 1. The Morgan fingerprint density at radius 1 is 1.21 bits per heavy atom. The Morgan fingerprint density at radius 3 is 2.71 bits per heavy atom. The van der Waals surface area contributed by atoms with Crippen LogP contribution < -0.4 is 0 Å². The van der Waals surface area contributed by atoms with Gasteiger partial charge in [-0.1, -0.05) is 30.3 Å². The first-order valence-corrected chi connectivity index (χ1v) is 8.09. The van der Waals surface area contributed by atoms with Gasteiger partial charge >= 0.3 is 0 Å². The molecule has 0 saturated heterocycles. The Labute approximate surface area is 141 Å². The van der Waals surface area contributed by atoms with Crippen LogP contribution in [0.3, 0.4) is 0 Å². The minimum atomic E-state index is -0.863. The Bertz CT molecular complexity index is 679. The number of amides is 1. The van der Waals surface area contributed by atoms with Gasteiger partial charge in [-0.15, -0.1) is 0 Å². The van der Waals surface area contributed by atoms with Gasteiger partial charge in [0.15, 0.2) is 0 Å². The van der Waals surface area contributed by atoms with Crippen molar-refractivity contribution in [3.8, 4) is 0 Å². The summed E-state index contributed by atoms with van der Waals surface area (Å²) in [6.45, 7) is 1.23. The molecular formula is C19H21NO4. The minimum absolute atomic E-state index is 0.107. The van der Waals surface area contributed by atoms with Crippen molar-refractivity contribution < 1.29 is 19.1 Å². The average Bonchev–Trinajstić information content (AvgIpc) is 3.17. The molecule has 126 valence electrons. The third-order valence-electron chi connectivity index (χ3n) is 3.98. The summed E-state index contributed by atoms with van der Waals surface area (Å²) in [5, 5.41) is 10.4. The van der Waals surface area contributed by atoms with Crippen LogP contribution in [0, 0.1) is 0 Å². The molecule has 0 bridgehead atoms. The van der Waals surface area contributed by atoms with Gasteiger partial charge in [0, 0.05) is 6.54 Å². The molecule has 5 nitrogen and oxygen atoms in total. The second kappa shape index (κ2) is 7.84. The maximum Gasteiger partial charge on any atom is 0.253 e. The van der Waals surface area contributed by atoms with Crippen LogP contribution in [0.4, 0.5) is 0 Å². The topological polar surface area (TPSA) is 62.9 Å². The quantitative estimate of drug-likeness (QED) is 0.886. The van der Waals surface area contributed by atoms with Crippen molar-refractivity contribution in [1.29, 1.82) is 0 Å². The summed E-state index contributed by atoms with van der Waals surface area (Å²) < 4.78 is 10.5. The van der Waals surface area contributed by atoms with Gasteiger partial charge in [0.2, 0.25) is 0 Å². The van der Waals surface area contributed by atoms with E-state index in [1.54, 1.807) is 23.3 Å². The first kappa shape index (κ1) is 16.3. The largest absolute Gasteiger partial charge is 0.501 e. The monoisotopic (exact) mass is 327 g/mol. The smallest absolute Gasteiger partial charge is 0.253 e. The number of carbonyl (C=O) groups excluding carboxylic acids is 1. The minimum Gasteiger partial charge on any atom is -0.501 e. The number of hydrogen-bond donors (Lipinski definition) is 1. The maximum absolute atomic E-state index is 12.8. The zero-order valence-electron chi connectivity index (χ0n) is 13.4. The number of rotatable bonds is 6. The maximum atomic E-state index is 12.8. The highest BCUT2D eigenvalue weighted by molar-refractivity contribution is 5.93. The molecule has 0 saturated carbocycles. The van der Waals surface area contributed by atoms with E-state index in [1.165, 1.54) is 6.26 Å². The number of benzene rings is 1. The molecule has 1 aliphatic heterocycles. The zero-order valence-corrected chi connectivity index (χ0v) is 13.4. The van der Waals surface area contributed by atoms with Crippen LogP contribution in [-0.4, -0.2) is 29.1 Å². The number of hydrogen-bond acceptors (Lipinski definition) is 4. The van der Waals surface area contributed by atoms with Gasteiger partial charge in [-0.25, -0.2) is 0 Å². The third-order valence-corrected chi connectivity index (χ3v) is 3.98. The van der Waals surface area contributed by atoms with E-state index in [2.05, 4.69) is 0 Å². The van der Waals surface area contributed by atoms with Gasteiger partial charge in [-0.2, -0.15) is 0 Å². The Balaban J connectivity index is 1.77. The van der Waals surface area contributed by atoms with Gasteiger partial charge in [0.1, 0.15) is 11.9 Å². The molecule has 1 aliphatic rings. The van der Waals surface area contributed by atoms with Crippen LogP contribution in [0.15, 0.2) is 65.0 Å².